The van der Waals surface area contributed by atoms with Gasteiger partial charge >= 0.3 is 0 Å². The number of thioether (sulfide) groups is 1. The van der Waals surface area contributed by atoms with Crippen molar-refractivity contribution in [3.8, 4) is 0 Å². The SMILES string of the molecule is Cc1cc(NC(=O)[C@@H](C)SCC(=O)N2CCC[C@@H]2c2nc3ccccc3[nH]2)no1. The maximum Gasteiger partial charge on any atom is 0.238 e. The summed E-state index contributed by atoms with van der Waals surface area (Å²) in [7, 11) is 0. The van der Waals surface area contributed by atoms with Gasteiger partial charge in [-0.2, -0.15) is 0 Å². The van der Waals surface area contributed by atoms with E-state index in [1.807, 2.05) is 29.2 Å². The Morgan fingerprint density at radius 1 is 1.41 bits per heavy atom. The highest BCUT2D eigenvalue weighted by molar-refractivity contribution is 8.01. The molecule has 2 N–H and O–H groups in total. The minimum absolute atomic E-state index is 0.0230. The van der Waals surface area contributed by atoms with Crippen molar-refractivity contribution in [1.29, 1.82) is 0 Å². The number of amides is 2. The summed E-state index contributed by atoms with van der Waals surface area (Å²) in [5, 5.41) is 6.07. The minimum Gasteiger partial charge on any atom is -0.360 e. The van der Waals surface area contributed by atoms with Crippen molar-refractivity contribution < 1.29 is 14.1 Å². The molecule has 0 bridgehead atoms. The van der Waals surface area contributed by atoms with Crippen LogP contribution >= 0.6 is 11.8 Å². The van der Waals surface area contributed by atoms with Gasteiger partial charge in [0.05, 0.1) is 28.1 Å². The van der Waals surface area contributed by atoms with Gasteiger partial charge in [0.1, 0.15) is 11.6 Å². The molecule has 0 unspecified atom stereocenters. The number of carbonyl (C=O) groups excluding carboxylic acids is 2. The van der Waals surface area contributed by atoms with Gasteiger partial charge in [-0.05, 0) is 38.8 Å². The fraction of sp³-hybridized carbons (Fsp3) is 0.400. The molecule has 2 atom stereocenters. The van der Waals surface area contributed by atoms with Crippen molar-refractivity contribution >= 4 is 40.4 Å². The Bertz CT molecular complexity index is 997. The molecule has 0 radical (unpaired) electrons. The zero-order valence-corrected chi connectivity index (χ0v) is 17.2. The summed E-state index contributed by atoms with van der Waals surface area (Å²) in [6.07, 6.45) is 1.83. The number of fused-ring (bicyclic) bond motifs is 1. The average Bonchev–Trinajstić information content (AvgIpc) is 3.44. The van der Waals surface area contributed by atoms with Crippen molar-refractivity contribution in [3.05, 3.63) is 41.9 Å². The molecule has 3 heterocycles. The minimum atomic E-state index is -0.386. The first-order valence-electron chi connectivity index (χ1n) is 9.61. The van der Waals surface area contributed by atoms with E-state index in [4.69, 9.17) is 4.52 Å². The molecule has 9 heteroatoms. The molecule has 1 fully saturated rings. The highest BCUT2D eigenvalue weighted by Crippen LogP contribution is 2.32. The first-order chi connectivity index (χ1) is 14.0. The Hall–Kier alpha value is -2.81. The first-order valence-corrected chi connectivity index (χ1v) is 10.7. The van der Waals surface area contributed by atoms with Crippen molar-refractivity contribution in [2.75, 3.05) is 17.6 Å². The smallest absolute Gasteiger partial charge is 0.238 e. The second kappa shape index (κ2) is 8.28. The van der Waals surface area contributed by atoms with Crippen molar-refractivity contribution in [1.82, 2.24) is 20.0 Å². The number of carbonyl (C=O) groups is 2. The molecule has 29 heavy (non-hydrogen) atoms. The molecular weight excluding hydrogens is 390 g/mol. The number of aromatic nitrogens is 3. The number of para-hydroxylation sites is 2. The first kappa shape index (κ1) is 19.5. The fourth-order valence-corrected chi connectivity index (χ4v) is 4.26. The van der Waals surface area contributed by atoms with Crippen LogP contribution in [-0.2, 0) is 9.59 Å². The normalized spacial score (nSPS) is 17.6. The third kappa shape index (κ3) is 4.29. The lowest BCUT2D eigenvalue weighted by Gasteiger charge is -2.23. The molecule has 4 rings (SSSR count). The zero-order chi connectivity index (χ0) is 20.4. The molecule has 2 amide bonds. The lowest BCUT2D eigenvalue weighted by atomic mass is 10.2. The molecule has 3 aromatic rings. The van der Waals surface area contributed by atoms with Gasteiger partial charge in [0.25, 0.3) is 0 Å². The second-order valence-electron chi connectivity index (χ2n) is 7.15. The van der Waals surface area contributed by atoms with E-state index in [1.165, 1.54) is 11.8 Å². The largest absolute Gasteiger partial charge is 0.360 e. The molecule has 1 aliphatic heterocycles. The van der Waals surface area contributed by atoms with Crippen LogP contribution < -0.4 is 5.32 Å². The lowest BCUT2D eigenvalue weighted by molar-refractivity contribution is -0.129. The topological polar surface area (TPSA) is 104 Å². The maximum atomic E-state index is 12.8. The number of hydrogen-bond acceptors (Lipinski definition) is 6. The van der Waals surface area contributed by atoms with Gasteiger partial charge in [0, 0.05) is 12.6 Å². The molecule has 0 spiro atoms. The number of H-pyrrole nitrogens is 1. The predicted molar refractivity (Wildman–Crippen MR) is 112 cm³/mol. The van der Waals surface area contributed by atoms with Gasteiger partial charge in [0.15, 0.2) is 5.82 Å². The standard InChI is InChI=1S/C20H23N5O3S/c1-12-10-17(24-28-12)23-20(27)13(2)29-11-18(26)25-9-5-8-16(25)19-21-14-6-3-4-7-15(14)22-19/h3-4,6-7,10,13,16H,5,8-9,11H2,1-2H3,(H,21,22)(H,23,24,27)/t13-,16-/m1/s1. The summed E-state index contributed by atoms with van der Waals surface area (Å²) >= 11 is 1.32. The van der Waals surface area contributed by atoms with Gasteiger partial charge < -0.3 is 19.7 Å². The summed E-state index contributed by atoms with van der Waals surface area (Å²) in [6, 6.07) is 9.47. The number of likely N-dealkylation sites (tertiary alicyclic amines) is 1. The summed E-state index contributed by atoms with van der Waals surface area (Å²) in [4.78, 5) is 35.0. The number of hydrogen-bond donors (Lipinski definition) is 2. The number of imidazole rings is 1. The maximum absolute atomic E-state index is 12.8. The van der Waals surface area contributed by atoms with E-state index in [0.29, 0.717) is 18.1 Å². The highest BCUT2D eigenvalue weighted by atomic mass is 32.2. The Kier molecular flexibility index (Phi) is 5.57. The Morgan fingerprint density at radius 2 is 2.24 bits per heavy atom. The van der Waals surface area contributed by atoms with Crippen LogP contribution in [0.3, 0.4) is 0 Å². The van der Waals surface area contributed by atoms with Crippen LogP contribution in [0.2, 0.25) is 0 Å². The van der Waals surface area contributed by atoms with Crippen LogP contribution in [0, 0.1) is 6.92 Å². The molecule has 0 aliphatic carbocycles. The van der Waals surface area contributed by atoms with Crippen LogP contribution in [0.4, 0.5) is 5.82 Å². The summed E-state index contributed by atoms with van der Waals surface area (Å²) in [5.41, 5.74) is 1.88. The van der Waals surface area contributed by atoms with Gasteiger partial charge in [-0.1, -0.05) is 17.3 Å². The summed E-state index contributed by atoms with van der Waals surface area (Å²) < 4.78 is 4.95. The van der Waals surface area contributed by atoms with Crippen molar-refractivity contribution in [2.24, 2.45) is 0 Å². The summed E-state index contributed by atoms with van der Waals surface area (Å²) in [6.45, 7) is 4.24. The van der Waals surface area contributed by atoms with Gasteiger partial charge in [0.2, 0.25) is 11.8 Å². The number of anilines is 1. The number of rotatable bonds is 6. The molecule has 1 aromatic carbocycles. The van der Waals surface area contributed by atoms with E-state index in [9.17, 15) is 9.59 Å². The molecular formula is C20H23N5O3S. The molecule has 0 saturated carbocycles. The average molecular weight is 414 g/mol. The van der Waals surface area contributed by atoms with Crippen molar-refractivity contribution in [2.45, 2.75) is 38.0 Å². The third-order valence-corrected chi connectivity index (χ3v) is 6.13. The van der Waals surface area contributed by atoms with E-state index in [1.54, 1.807) is 19.9 Å². The third-order valence-electron chi connectivity index (χ3n) is 5.00. The molecule has 152 valence electrons. The van der Waals surface area contributed by atoms with Crippen LogP contribution in [0.25, 0.3) is 11.0 Å². The van der Waals surface area contributed by atoms with Gasteiger partial charge in [-0.3, -0.25) is 9.59 Å². The number of nitrogens with one attached hydrogen (secondary N) is 2. The number of aryl methyl sites for hydroxylation is 1. The monoisotopic (exact) mass is 413 g/mol. The van der Waals surface area contributed by atoms with Crippen LogP contribution in [0.1, 0.15) is 37.4 Å². The fourth-order valence-electron chi connectivity index (χ4n) is 3.49. The lowest BCUT2D eigenvalue weighted by Crippen LogP contribution is -2.33. The highest BCUT2D eigenvalue weighted by Gasteiger charge is 2.32. The number of aromatic amines is 1. The number of nitrogens with zero attached hydrogens (tertiary/aromatic N) is 3. The van der Waals surface area contributed by atoms with Crippen LogP contribution in [0.15, 0.2) is 34.9 Å². The van der Waals surface area contributed by atoms with E-state index < -0.39 is 0 Å². The zero-order valence-electron chi connectivity index (χ0n) is 16.3. The Balaban J connectivity index is 1.35. The van der Waals surface area contributed by atoms with Gasteiger partial charge in [-0.15, -0.1) is 11.8 Å². The Morgan fingerprint density at radius 3 is 3.00 bits per heavy atom. The quantitative estimate of drug-likeness (QED) is 0.643. The second-order valence-corrected chi connectivity index (χ2v) is 8.48. The van der Waals surface area contributed by atoms with Gasteiger partial charge in [-0.25, -0.2) is 4.98 Å². The predicted octanol–water partition coefficient (Wildman–Crippen LogP) is 3.28. The molecule has 2 aromatic heterocycles. The molecule has 8 nitrogen and oxygen atoms in total. The Labute approximate surface area is 172 Å². The molecule has 1 saturated heterocycles. The van der Waals surface area contributed by atoms with E-state index >= 15 is 0 Å². The van der Waals surface area contributed by atoms with Crippen LogP contribution in [0.5, 0.6) is 0 Å². The van der Waals surface area contributed by atoms with Crippen LogP contribution in [-0.4, -0.2) is 49.4 Å². The van der Waals surface area contributed by atoms with E-state index in [-0.39, 0.29) is 28.9 Å². The number of benzene rings is 1. The summed E-state index contributed by atoms with van der Waals surface area (Å²) in [5.74, 6) is 1.90. The van der Waals surface area contributed by atoms with E-state index in [0.717, 1.165) is 29.7 Å². The molecule has 1 aliphatic rings. The van der Waals surface area contributed by atoms with Crippen molar-refractivity contribution in [3.63, 3.8) is 0 Å². The van der Waals surface area contributed by atoms with E-state index in [2.05, 4.69) is 20.4 Å².